The van der Waals surface area contributed by atoms with E-state index >= 15 is 0 Å². The quantitative estimate of drug-likeness (QED) is 0.613. The molecule has 1 saturated heterocycles. The van der Waals surface area contributed by atoms with E-state index in [9.17, 15) is 9.18 Å². The molecule has 1 aromatic carbocycles. The number of piperidine rings is 1. The van der Waals surface area contributed by atoms with Crippen LogP contribution in [0.3, 0.4) is 0 Å². The van der Waals surface area contributed by atoms with Crippen LogP contribution in [-0.2, 0) is 7.05 Å². The Hall–Kier alpha value is -1.93. The second-order valence-corrected chi connectivity index (χ2v) is 8.85. The minimum Gasteiger partial charge on any atom is -0.347 e. The molecule has 3 heterocycles. The molecule has 0 unspecified atom stereocenters. The van der Waals surface area contributed by atoms with Gasteiger partial charge in [-0.25, -0.2) is 4.39 Å². The van der Waals surface area contributed by atoms with E-state index in [1.165, 1.54) is 17.4 Å². The lowest BCUT2D eigenvalue weighted by Gasteiger charge is -2.33. The fourth-order valence-electron chi connectivity index (χ4n) is 3.69. The van der Waals surface area contributed by atoms with Crippen molar-refractivity contribution >= 4 is 40.4 Å². The number of halogens is 3. The number of carbonyl (C=O) groups excluding carboxylic acids is 1. The van der Waals surface area contributed by atoms with Crippen LogP contribution in [0, 0.1) is 5.82 Å². The SMILES string of the molecule is Cn1ncc(Cl)c1-c1sc(C(=O)N[C@@H]2CNCC[C@H]2c2cccc(F)c2)cc1Cl. The molecule has 0 spiro atoms. The highest BCUT2D eigenvalue weighted by molar-refractivity contribution is 7.18. The molecule has 1 aliphatic rings. The van der Waals surface area contributed by atoms with Crippen molar-refractivity contribution in [2.24, 2.45) is 7.05 Å². The largest absolute Gasteiger partial charge is 0.347 e. The molecule has 2 N–H and O–H groups in total. The Morgan fingerprint density at radius 1 is 1.34 bits per heavy atom. The normalized spacial score (nSPS) is 19.3. The van der Waals surface area contributed by atoms with Gasteiger partial charge < -0.3 is 10.6 Å². The third-order valence-corrected chi connectivity index (χ3v) is 6.92. The topological polar surface area (TPSA) is 59.0 Å². The Bertz CT molecular complexity index is 1030. The van der Waals surface area contributed by atoms with Gasteiger partial charge >= 0.3 is 0 Å². The first kappa shape index (κ1) is 20.3. The summed E-state index contributed by atoms with van der Waals surface area (Å²) in [5.74, 6) is -0.442. The van der Waals surface area contributed by atoms with Gasteiger partial charge in [-0.1, -0.05) is 35.3 Å². The van der Waals surface area contributed by atoms with E-state index < -0.39 is 0 Å². The number of benzene rings is 1. The van der Waals surface area contributed by atoms with Gasteiger partial charge in [0.2, 0.25) is 0 Å². The zero-order valence-corrected chi connectivity index (χ0v) is 17.9. The summed E-state index contributed by atoms with van der Waals surface area (Å²) < 4.78 is 15.3. The maximum atomic E-state index is 13.7. The minimum absolute atomic E-state index is 0.0392. The number of carbonyl (C=O) groups is 1. The molecular weight excluding hydrogens is 434 g/mol. The lowest BCUT2D eigenvalue weighted by atomic mass is 9.86. The maximum absolute atomic E-state index is 13.7. The summed E-state index contributed by atoms with van der Waals surface area (Å²) in [7, 11) is 1.77. The molecule has 1 amide bonds. The summed E-state index contributed by atoms with van der Waals surface area (Å²) in [6.45, 7) is 1.44. The van der Waals surface area contributed by atoms with Crippen molar-refractivity contribution in [1.29, 1.82) is 0 Å². The first-order valence-corrected chi connectivity index (χ1v) is 10.8. The molecule has 0 bridgehead atoms. The van der Waals surface area contributed by atoms with Gasteiger partial charge in [-0.2, -0.15) is 5.10 Å². The average molecular weight is 453 g/mol. The zero-order valence-electron chi connectivity index (χ0n) is 15.6. The molecule has 1 aliphatic heterocycles. The van der Waals surface area contributed by atoms with Crippen LogP contribution in [0.25, 0.3) is 10.6 Å². The highest BCUT2D eigenvalue weighted by Crippen LogP contribution is 2.39. The van der Waals surface area contributed by atoms with Gasteiger partial charge in [0.1, 0.15) is 5.82 Å². The van der Waals surface area contributed by atoms with Crippen molar-refractivity contribution < 1.29 is 9.18 Å². The van der Waals surface area contributed by atoms with Gasteiger partial charge in [0.25, 0.3) is 5.91 Å². The Morgan fingerprint density at radius 3 is 2.90 bits per heavy atom. The molecule has 2 atom stereocenters. The average Bonchev–Trinajstić information content (AvgIpc) is 3.23. The number of amides is 1. The number of nitrogens with zero attached hydrogens (tertiary/aromatic N) is 2. The van der Waals surface area contributed by atoms with Crippen molar-refractivity contribution in [3.8, 4) is 10.6 Å². The summed E-state index contributed by atoms with van der Waals surface area (Å²) in [5, 5.41) is 11.4. The molecule has 9 heteroatoms. The van der Waals surface area contributed by atoms with E-state index in [0.29, 0.717) is 32.0 Å². The van der Waals surface area contributed by atoms with Crippen LogP contribution in [0.4, 0.5) is 4.39 Å². The molecule has 3 aromatic rings. The van der Waals surface area contributed by atoms with Crippen LogP contribution in [0.2, 0.25) is 10.0 Å². The van der Waals surface area contributed by atoms with Crippen molar-refractivity contribution in [2.45, 2.75) is 18.4 Å². The lowest BCUT2D eigenvalue weighted by molar-refractivity contribution is 0.0928. The number of hydrogen-bond acceptors (Lipinski definition) is 4. The summed E-state index contributed by atoms with van der Waals surface area (Å²) in [4.78, 5) is 14.1. The van der Waals surface area contributed by atoms with Crippen LogP contribution >= 0.6 is 34.5 Å². The van der Waals surface area contributed by atoms with E-state index in [1.54, 1.807) is 36.1 Å². The number of thiophene rings is 1. The molecular formula is C20H19Cl2FN4OS. The number of hydrogen-bond donors (Lipinski definition) is 2. The molecule has 1 fully saturated rings. The molecule has 29 heavy (non-hydrogen) atoms. The number of rotatable bonds is 4. The Morgan fingerprint density at radius 2 is 2.17 bits per heavy atom. The van der Waals surface area contributed by atoms with Crippen LogP contribution in [0.5, 0.6) is 0 Å². The maximum Gasteiger partial charge on any atom is 0.261 e. The molecule has 0 saturated carbocycles. The highest BCUT2D eigenvalue weighted by atomic mass is 35.5. The second-order valence-electron chi connectivity index (χ2n) is 6.99. The van der Waals surface area contributed by atoms with Gasteiger partial charge in [0, 0.05) is 25.6 Å². The molecule has 4 rings (SSSR count). The smallest absolute Gasteiger partial charge is 0.261 e. The Kier molecular flexibility index (Phi) is 5.92. The zero-order chi connectivity index (χ0) is 20.5. The van der Waals surface area contributed by atoms with Crippen molar-refractivity contribution in [3.05, 3.63) is 62.8 Å². The first-order chi connectivity index (χ1) is 13.9. The second kappa shape index (κ2) is 8.44. The van der Waals surface area contributed by atoms with Gasteiger partial charge in [0.15, 0.2) is 0 Å². The summed E-state index contributed by atoms with van der Waals surface area (Å²) in [6.07, 6.45) is 2.36. The third-order valence-electron chi connectivity index (χ3n) is 5.10. The lowest BCUT2D eigenvalue weighted by Crippen LogP contribution is -2.49. The number of aromatic nitrogens is 2. The summed E-state index contributed by atoms with van der Waals surface area (Å²) in [6, 6.07) is 8.07. The van der Waals surface area contributed by atoms with Crippen LogP contribution < -0.4 is 10.6 Å². The van der Waals surface area contributed by atoms with Crippen LogP contribution in [0.15, 0.2) is 36.5 Å². The standard InChI is InChI=1S/C20H19Cl2FN4OS/c1-27-18(15(22)9-25-27)19-14(21)8-17(29-19)20(28)26-16-10-24-6-5-13(16)11-3-2-4-12(23)7-11/h2-4,7-9,13,16,24H,5-6,10H2,1H3,(H,26,28)/t13-,16+/m0/s1. The van der Waals surface area contributed by atoms with Crippen molar-refractivity contribution in [1.82, 2.24) is 20.4 Å². The highest BCUT2D eigenvalue weighted by Gasteiger charge is 2.29. The number of nitrogens with one attached hydrogen (secondary N) is 2. The predicted octanol–water partition coefficient (Wildman–Crippen LogP) is 4.47. The van der Waals surface area contributed by atoms with E-state index in [2.05, 4.69) is 15.7 Å². The van der Waals surface area contributed by atoms with E-state index in [4.69, 9.17) is 23.2 Å². The first-order valence-electron chi connectivity index (χ1n) is 9.18. The third kappa shape index (κ3) is 4.19. The minimum atomic E-state index is -0.270. The van der Waals surface area contributed by atoms with Crippen molar-refractivity contribution in [3.63, 3.8) is 0 Å². The van der Waals surface area contributed by atoms with Crippen LogP contribution in [0.1, 0.15) is 27.6 Å². The molecule has 0 radical (unpaired) electrons. The summed E-state index contributed by atoms with van der Waals surface area (Å²) in [5.41, 5.74) is 1.57. The Balaban J connectivity index is 1.56. The molecule has 5 nitrogen and oxygen atoms in total. The molecule has 0 aliphatic carbocycles. The monoisotopic (exact) mass is 452 g/mol. The van der Waals surface area contributed by atoms with Crippen LogP contribution in [-0.4, -0.2) is 34.8 Å². The van der Waals surface area contributed by atoms with E-state index in [0.717, 1.165) is 18.5 Å². The number of aryl methyl sites for hydroxylation is 1. The van der Waals surface area contributed by atoms with Gasteiger partial charge in [-0.15, -0.1) is 11.3 Å². The van der Waals surface area contributed by atoms with Crippen molar-refractivity contribution in [2.75, 3.05) is 13.1 Å². The molecule has 152 valence electrons. The van der Waals surface area contributed by atoms with E-state index in [-0.39, 0.29) is 23.7 Å². The van der Waals surface area contributed by atoms with Gasteiger partial charge in [-0.3, -0.25) is 9.48 Å². The molecule has 2 aromatic heterocycles. The predicted molar refractivity (Wildman–Crippen MR) is 114 cm³/mol. The Labute approximate surface area is 181 Å². The summed E-state index contributed by atoms with van der Waals surface area (Å²) >= 11 is 13.9. The van der Waals surface area contributed by atoms with Gasteiger partial charge in [0.05, 0.1) is 31.7 Å². The van der Waals surface area contributed by atoms with Gasteiger partial charge in [-0.05, 0) is 36.7 Å². The fourth-order valence-corrected chi connectivity index (χ4v) is 5.43. The fraction of sp³-hybridized carbons (Fsp3) is 0.300. The van der Waals surface area contributed by atoms with E-state index in [1.807, 2.05) is 6.07 Å².